The summed E-state index contributed by atoms with van der Waals surface area (Å²) < 4.78 is 10.8. The van der Waals surface area contributed by atoms with E-state index in [1.165, 1.54) is 16.5 Å². The number of ether oxygens (including phenoxy) is 2. The van der Waals surface area contributed by atoms with Crippen LogP contribution in [0.5, 0.6) is 5.75 Å². The highest BCUT2D eigenvalue weighted by Gasteiger charge is 2.23. The lowest BCUT2D eigenvalue weighted by atomic mass is 10.0. The van der Waals surface area contributed by atoms with Gasteiger partial charge in [-0.15, -0.1) is 0 Å². The van der Waals surface area contributed by atoms with E-state index in [0.29, 0.717) is 13.0 Å². The third-order valence-corrected chi connectivity index (χ3v) is 6.00. The van der Waals surface area contributed by atoms with Gasteiger partial charge in [0.05, 0.1) is 26.4 Å². The average Bonchev–Trinajstić information content (AvgIpc) is 3.23. The van der Waals surface area contributed by atoms with Crippen LogP contribution in [0.2, 0.25) is 0 Å². The number of carbonyl (C=O) groups is 1. The average molecular weight is 422 g/mol. The van der Waals surface area contributed by atoms with Crippen LogP contribution >= 0.6 is 0 Å². The molecule has 1 unspecified atom stereocenters. The van der Waals surface area contributed by atoms with Gasteiger partial charge in [-0.1, -0.05) is 30.3 Å². The number of carbonyl (C=O) groups excluding carboxylic acids is 1. The molecule has 2 aromatic carbocycles. The number of nitrogens with one attached hydrogen (secondary N) is 2. The first kappa shape index (κ1) is 21.4. The van der Waals surface area contributed by atoms with Crippen LogP contribution in [0, 0.1) is 0 Å². The zero-order valence-corrected chi connectivity index (χ0v) is 18.1. The van der Waals surface area contributed by atoms with Gasteiger partial charge in [0, 0.05) is 43.2 Å². The minimum Gasteiger partial charge on any atom is -0.497 e. The molecule has 1 amide bonds. The van der Waals surface area contributed by atoms with Crippen LogP contribution in [0.15, 0.2) is 54.7 Å². The first-order valence-corrected chi connectivity index (χ1v) is 11.0. The van der Waals surface area contributed by atoms with Crippen molar-refractivity contribution in [1.29, 1.82) is 0 Å². The van der Waals surface area contributed by atoms with E-state index in [0.717, 1.165) is 50.4 Å². The smallest absolute Gasteiger partial charge is 0.220 e. The maximum atomic E-state index is 12.6. The van der Waals surface area contributed by atoms with Gasteiger partial charge in [-0.25, -0.2) is 0 Å². The molecule has 1 aromatic heterocycles. The van der Waals surface area contributed by atoms with E-state index in [4.69, 9.17) is 9.47 Å². The summed E-state index contributed by atoms with van der Waals surface area (Å²) in [6, 6.07) is 16.6. The van der Waals surface area contributed by atoms with E-state index < -0.39 is 0 Å². The van der Waals surface area contributed by atoms with Crippen molar-refractivity contribution in [3.05, 3.63) is 65.9 Å². The number of aromatic nitrogens is 1. The van der Waals surface area contributed by atoms with Crippen molar-refractivity contribution in [3.63, 3.8) is 0 Å². The largest absolute Gasteiger partial charge is 0.497 e. The first-order chi connectivity index (χ1) is 15.2. The number of morpholine rings is 1. The molecule has 0 bridgehead atoms. The number of amides is 1. The number of aromatic amines is 1. The molecule has 31 heavy (non-hydrogen) atoms. The molecule has 0 saturated carbocycles. The highest BCUT2D eigenvalue weighted by atomic mass is 16.5. The van der Waals surface area contributed by atoms with Crippen molar-refractivity contribution in [1.82, 2.24) is 15.2 Å². The fraction of sp³-hybridized carbons (Fsp3) is 0.400. The van der Waals surface area contributed by atoms with E-state index in [-0.39, 0.29) is 11.9 Å². The molecule has 1 aliphatic heterocycles. The Balaban J connectivity index is 1.32. The zero-order valence-electron chi connectivity index (χ0n) is 18.1. The number of methoxy groups -OCH3 is 1. The number of para-hydroxylation sites is 1. The monoisotopic (exact) mass is 421 g/mol. The molecule has 0 radical (unpaired) electrons. The van der Waals surface area contributed by atoms with Gasteiger partial charge >= 0.3 is 0 Å². The molecular formula is C25H31N3O3. The summed E-state index contributed by atoms with van der Waals surface area (Å²) in [5, 5.41) is 4.41. The van der Waals surface area contributed by atoms with Crippen LogP contribution < -0.4 is 10.1 Å². The summed E-state index contributed by atoms with van der Waals surface area (Å²) in [4.78, 5) is 18.3. The molecule has 1 fully saturated rings. The van der Waals surface area contributed by atoms with Crippen LogP contribution in [0.25, 0.3) is 10.9 Å². The second-order valence-electron chi connectivity index (χ2n) is 7.95. The van der Waals surface area contributed by atoms with Gasteiger partial charge in [-0.3, -0.25) is 9.69 Å². The normalized spacial score (nSPS) is 15.6. The highest BCUT2D eigenvalue weighted by molar-refractivity contribution is 5.83. The number of hydrogen-bond donors (Lipinski definition) is 2. The number of H-pyrrole nitrogens is 1. The summed E-state index contributed by atoms with van der Waals surface area (Å²) in [5.74, 6) is 0.942. The summed E-state index contributed by atoms with van der Waals surface area (Å²) in [6.07, 6.45) is 4.31. The standard InChI is InChI=1S/C25H31N3O3/c1-30-21-11-9-19(10-12-21)24(28-13-15-31-16-14-28)18-27-25(29)8-4-5-20-17-26-23-7-3-2-6-22(20)23/h2-3,6-7,9-12,17,24,26H,4-5,8,13-16,18H2,1H3,(H,27,29). The van der Waals surface area contributed by atoms with Gasteiger partial charge in [0.15, 0.2) is 0 Å². The van der Waals surface area contributed by atoms with Crippen molar-refractivity contribution in [2.24, 2.45) is 0 Å². The van der Waals surface area contributed by atoms with Crippen LogP contribution in [-0.4, -0.2) is 55.7 Å². The molecule has 1 atom stereocenters. The van der Waals surface area contributed by atoms with E-state index in [1.807, 2.05) is 18.2 Å². The maximum absolute atomic E-state index is 12.6. The number of hydrogen-bond acceptors (Lipinski definition) is 4. The number of rotatable bonds is 9. The summed E-state index contributed by atoms with van der Waals surface area (Å²) in [6.45, 7) is 3.79. The van der Waals surface area contributed by atoms with Crippen LogP contribution in [0.3, 0.4) is 0 Å². The fourth-order valence-corrected chi connectivity index (χ4v) is 4.25. The topological polar surface area (TPSA) is 66.6 Å². The molecule has 1 aliphatic rings. The Kier molecular flexibility index (Phi) is 7.22. The Morgan fingerprint density at radius 2 is 1.94 bits per heavy atom. The lowest BCUT2D eigenvalue weighted by Crippen LogP contribution is -2.43. The number of nitrogens with zero attached hydrogens (tertiary/aromatic N) is 1. The number of fused-ring (bicyclic) bond motifs is 1. The van der Waals surface area contributed by atoms with E-state index in [9.17, 15) is 4.79 Å². The van der Waals surface area contributed by atoms with E-state index >= 15 is 0 Å². The van der Waals surface area contributed by atoms with Gasteiger partial charge in [0.1, 0.15) is 5.75 Å². The number of benzene rings is 2. The summed E-state index contributed by atoms with van der Waals surface area (Å²) in [7, 11) is 1.67. The lowest BCUT2D eigenvalue weighted by molar-refractivity contribution is -0.121. The van der Waals surface area contributed by atoms with Crippen LogP contribution in [-0.2, 0) is 16.0 Å². The Morgan fingerprint density at radius 1 is 1.16 bits per heavy atom. The van der Waals surface area contributed by atoms with Gasteiger partial charge in [-0.2, -0.15) is 0 Å². The quantitative estimate of drug-likeness (QED) is 0.553. The molecule has 0 spiro atoms. The van der Waals surface area contributed by atoms with Crippen LogP contribution in [0.4, 0.5) is 0 Å². The second-order valence-corrected chi connectivity index (χ2v) is 7.95. The molecule has 6 nitrogen and oxygen atoms in total. The molecule has 3 aromatic rings. The SMILES string of the molecule is COc1ccc(C(CNC(=O)CCCc2c[nH]c3ccccc23)N2CCOCC2)cc1. The highest BCUT2D eigenvalue weighted by Crippen LogP contribution is 2.24. The Labute approximate surface area is 183 Å². The van der Waals surface area contributed by atoms with Crippen molar-refractivity contribution in [2.75, 3.05) is 40.0 Å². The molecule has 6 heteroatoms. The zero-order chi connectivity index (χ0) is 21.5. The minimum absolute atomic E-state index is 0.103. The van der Waals surface area contributed by atoms with E-state index in [1.54, 1.807) is 7.11 Å². The second kappa shape index (κ2) is 10.5. The molecular weight excluding hydrogens is 390 g/mol. The van der Waals surface area contributed by atoms with Gasteiger partial charge in [0.25, 0.3) is 0 Å². The van der Waals surface area contributed by atoms with Gasteiger partial charge < -0.3 is 19.8 Å². The fourth-order valence-electron chi connectivity index (χ4n) is 4.25. The van der Waals surface area contributed by atoms with E-state index in [2.05, 4.69) is 51.7 Å². The molecule has 4 rings (SSSR count). The van der Waals surface area contributed by atoms with Crippen LogP contribution in [0.1, 0.15) is 30.0 Å². The van der Waals surface area contributed by atoms with Crippen molar-refractivity contribution in [3.8, 4) is 5.75 Å². The van der Waals surface area contributed by atoms with Crippen molar-refractivity contribution in [2.45, 2.75) is 25.3 Å². The molecule has 2 heterocycles. The third-order valence-electron chi connectivity index (χ3n) is 6.00. The van der Waals surface area contributed by atoms with Gasteiger partial charge in [-0.05, 0) is 42.2 Å². The van der Waals surface area contributed by atoms with Crippen molar-refractivity contribution >= 4 is 16.8 Å². The third kappa shape index (κ3) is 5.46. The number of aryl methyl sites for hydroxylation is 1. The Bertz CT molecular complexity index is 977. The lowest BCUT2D eigenvalue weighted by Gasteiger charge is -2.35. The molecule has 164 valence electrons. The van der Waals surface area contributed by atoms with Gasteiger partial charge in [0.2, 0.25) is 5.91 Å². The predicted octanol–water partition coefficient (Wildman–Crippen LogP) is 3.69. The first-order valence-electron chi connectivity index (χ1n) is 11.0. The maximum Gasteiger partial charge on any atom is 0.220 e. The Morgan fingerprint density at radius 3 is 2.71 bits per heavy atom. The molecule has 1 saturated heterocycles. The molecule has 0 aliphatic carbocycles. The predicted molar refractivity (Wildman–Crippen MR) is 122 cm³/mol. The van der Waals surface area contributed by atoms with Crippen molar-refractivity contribution < 1.29 is 14.3 Å². The molecule has 2 N–H and O–H groups in total. The summed E-state index contributed by atoms with van der Waals surface area (Å²) >= 11 is 0. The minimum atomic E-state index is 0.103. The Hall–Kier alpha value is -2.83. The summed E-state index contributed by atoms with van der Waals surface area (Å²) in [5.41, 5.74) is 3.60.